The zero-order valence-electron chi connectivity index (χ0n) is 13.7. The molecule has 1 atom stereocenters. The van der Waals surface area contributed by atoms with E-state index in [-0.39, 0.29) is 17.5 Å². The Hall–Kier alpha value is -2.49. The molecule has 0 bridgehead atoms. The van der Waals surface area contributed by atoms with E-state index in [2.05, 4.69) is 4.99 Å². The minimum Gasteiger partial charge on any atom is -0.497 e. The molecule has 0 aromatic heterocycles. The first-order valence-electron chi connectivity index (χ1n) is 8.06. The fraction of sp³-hybridized carbons (Fsp3) is 0.300. The molecule has 1 aliphatic rings. The molecule has 0 heterocycles. The summed E-state index contributed by atoms with van der Waals surface area (Å²) in [5.41, 5.74) is 2.97. The number of ketones is 1. The predicted molar refractivity (Wildman–Crippen MR) is 92.1 cm³/mol. The number of methoxy groups -OCH3 is 1. The van der Waals surface area contributed by atoms with Gasteiger partial charge in [0.1, 0.15) is 17.3 Å². The monoisotopic (exact) mass is 325 g/mol. The number of aliphatic imine (C=N–C) groups is 1. The van der Waals surface area contributed by atoms with Gasteiger partial charge in [0.2, 0.25) is 0 Å². The fourth-order valence-corrected chi connectivity index (χ4v) is 3.05. The smallest absolute Gasteiger partial charge is 0.139 e. The summed E-state index contributed by atoms with van der Waals surface area (Å²) in [7, 11) is 1.64. The normalized spacial score (nSPS) is 19.5. The van der Waals surface area contributed by atoms with Crippen LogP contribution >= 0.6 is 0 Å². The Morgan fingerprint density at radius 3 is 2.71 bits per heavy atom. The summed E-state index contributed by atoms with van der Waals surface area (Å²) in [6.07, 6.45) is 1.74. The van der Waals surface area contributed by atoms with Crippen molar-refractivity contribution in [3.63, 3.8) is 0 Å². The lowest BCUT2D eigenvalue weighted by Crippen LogP contribution is -2.21. The van der Waals surface area contributed by atoms with E-state index in [1.165, 1.54) is 12.1 Å². The van der Waals surface area contributed by atoms with Crippen molar-refractivity contribution in [3.8, 4) is 5.75 Å². The van der Waals surface area contributed by atoms with Crippen LogP contribution in [0.2, 0.25) is 0 Å². The third-order valence-electron chi connectivity index (χ3n) is 4.32. The Morgan fingerprint density at radius 1 is 1.17 bits per heavy atom. The lowest BCUT2D eigenvalue weighted by molar-refractivity contribution is -0.118. The van der Waals surface area contributed by atoms with Gasteiger partial charge in [-0.25, -0.2) is 4.39 Å². The van der Waals surface area contributed by atoms with Gasteiger partial charge in [0.25, 0.3) is 0 Å². The SMILES string of the molecule is COc1cccc([C@@H]2CC(=O)CC(=NCc3ccc(F)cc3)C2)c1. The second-order valence-electron chi connectivity index (χ2n) is 6.11. The summed E-state index contributed by atoms with van der Waals surface area (Å²) in [5.74, 6) is 0.910. The van der Waals surface area contributed by atoms with Gasteiger partial charge in [-0.15, -0.1) is 0 Å². The van der Waals surface area contributed by atoms with Crippen molar-refractivity contribution < 1.29 is 13.9 Å². The summed E-state index contributed by atoms with van der Waals surface area (Å²) >= 11 is 0. The zero-order chi connectivity index (χ0) is 16.9. The Balaban J connectivity index is 1.73. The van der Waals surface area contributed by atoms with Crippen molar-refractivity contribution in [1.29, 1.82) is 0 Å². The molecule has 0 spiro atoms. The number of halogens is 1. The molecule has 1 fully saturated rings. The number of carbonyl (C=O) groups excluding carboxylic acids is 1. The van der Waals surface area contributed by atoms with E-state index in [1.54, 1.807) is 19.2 Å². The Kier molecular flexibility index (Phi) is 5.04. The summed E-state index contributed by atoms with van der Waals surface area (Å²) in [4.78, 5) is 16.7. The van der Waals surface area contributed by atoms with Gasteiger partial charge in [0.05, 0.1) is 13.7 Å². The largest absolute Gasteiger partial charge is 0.497 e. The van der Waals surface area contributed by atoms with Crippen LogP contribution in [0.3, 0.4) is 0 Å². The third kappa shape index (κ3) is 4.07. The third-order valence-corrected chi connectivity index (χ3v) is 4.32. The summed E-state index contributed by atoms with van der Waals surface area (Å²) < 4.78 is 18.2. The predicted octanol–water partition coefficient (Wildman–Crippen LogP) is 4.31. The van der Waals surface area contributed by atoms with Crippen molar-refractivity contribution >= 4 is 11.5 Å². The highest BCUT2D eigenvalue weighted by atomic mass is 19.1. The number of rotatable bonds is 4. The average molecular weight is 325 g/mol. The maximum Gasteiger partial charge on any atom is 0.139 e. The van der Waals surface area contributed by atoms with Crippen LogP contribution in [-0.4, -0.2) is 18.6 Å². The number of hydrogen-bond donors (Lipinski definition) is 0. The Morgan fingerprint density at radius 2 is 1.96 bits per heavy atom. The second kappa shape index (κ2) is 7.39. The molecule has 3 nitrogen and oxygen atoms in total. The van der Waals surface area contributed by atoms with Crippen LogP contribution in [-0.2, 0) is 11.3 Å². The Labute approximate surface area is 141 Å². The molecule has 0 unspecified atom stereocenters. The summed E-state index contributed by atoms with van der Waals surface area (Å²) in [6.45, 7) is 0.480. The van der Waals surface area contributed by atoms with Gasteiger partial charge in [0.15, 0.2) is 0 Å². The second-order valence-corrected chi connectivity index (χ2v) is 6.11. The quantitative estimate of drug-likeness (QED) is 0.840. The van der Waals surface area contributed by atoms with E-state index in [9.17, 15) is 9.18 Å². The lowest BCUT2D eigenvalue weighted by atomic mass is 9.82. The van der Waals surface area contributed by atoms with Gasteiger partial charge in [-0.3, -0.25) is 9.79 Å². The molecule has 2 aromatic rings. The van der Waals surface area contributed by atoms with Gasteiger partial charge in [0, 0.05) is 18.6 Å². The van der Waals surface area contributed by atoms with Crippen LogP contribution in [0, 0.1) is 5.82 Å². The molecular formula is C20H20FNO2. The molecule has 2 aromatic carbocycles. The van der Waals surface area contributed by atoms with Crippen LogP contribution < -0.4 is 4.74 Å². The number of Topliss-reactive ketones (excluding diaryl/α,β-unsaturated/α-hetero) is 1. The van der Waals surface area contributed by atoms with Crippen LogP contribution in [0.5, 0.6) is 5.75 Å². The van der Waals surface area contributed by atoms with E-state index >= 15 is 0 Å². The molecule has 4 heteroatoms. The number of ether oxygens (including phenoxy) is 1. The minimum absolute atomic E-state index is 0.147. The molecule has 0 aliphatic heterocycles. The molecule has 0 N–H and O–H groups in total. The fourth-order valence-electron chi connectivity index (χ4n) is 3.05. The standard InChI is InChI=1S/C20H20FNO2/c1-24-20-4-2-3-15(11-20)16-9-18(12-19(23)10-16)22-13-14-5-7-17(21)8-6-14/h2-8,11,16H,9-10,12-13H2,1H3/t16-/m0/s1. The van der Waals surface area contributed by atoms with Crippen molar-refractivity contribution in [2.45, 2.75) is 31.7 Å². The van der Waals surface area contributed by atoms with E-state index in [1.807, 2.05) is 24.3 Å². The molecule has 0 saturated heterocycles. The first kappa shape index (κ1) is 16.4. The number of carbonyl (C=O) groups is 1. The molecule has 1 saturated carbocycles. The zero-order valence-corrected chi connectivity index (χ0v) is 13.7. The highest BCUT2D eigenvalue weighted by molar-refractivity contribution is 6.05. The van der Waals surface area contributed by atoms with E-state index in [0.717, 1.165) is 29.0 Å². The van der Waals surface area contributed by atoms with Gasteiger partial charge in [-0.1, -0.05) is 24.3 Å². The molecule has 1 aliphatic carbocycles. The van der Waals surface area contributed by atoms with Gasteiger partial charge >= 0.3 is 0 Å². The van der Waals surface area contributed by atoms with Crippen LogP contribution in [0.4, 0.5) is 4.39 Å². The van der Waals surface area contributed by atoms with Gasteiger partial charge in [-0.2, -0.15) is 0 Å². The molecule has 0 radical (unpaired) electrons. The van der Waals surface area contributed by atoms with Crippen LogP contribution in [0.15, 0.2) is 53.5 Å². The van der Waals surface area contributed by atoms with Crippen LogP contribution in [0.1, 0.15) is 36.3 Å². The van der Waals surface area contributed by atoms with E-state index in [0.29, 0.717) is 19.4 Å². The van der Waals surface area contributed by atoms with Crippen molar-refractivity contribution in [1.82, 2.24) is 0 Å². The molecule has 24 heavy (non-hydrogen) atoms. The van der Waals surface area contributed by atoms with Crippen molar-refractivity contribution in [3.05, 3.63) is 65.5 Å². The molecule has 0 amide bonds. The first-order valence-corrected chi connectivity index (χ1v) is 8.06. The molecule has 124 valence electrons. The molecule has 3 rings (SSSR count). The average Bonchev–Trinajstić information content (AvgIpc) is 2.61. The summed E-state index contributed by atoms with van der Waals surface area (Å²) in [6, 6.07) is 14.2. The topological polar surface area (TPSA) is 38.7 Å². The maximum atomic E-state index is 12.9. The first-order chi connectivity index (χ1) is 11.6. The van der Waals surface area contributed by atoms with E-state index < -0.39 is 0 Å². The highest BCUT2D eigenvalue weighted by Gasteiger charge is 2.25. The molecular weight excluding hydrogens is 305 g/mol. The number of hydrogen-bond acceptors (Lipinski definition) is 3. The number of benzene rings is 2. The highest BCUT2D eigenvalue weighted by Crippen LogP contribution is 2.31. The maximum absolute atomic E-state index is 12.9. The lowest BCUT2D eigenvalue weighted by Gasteiger charge is -2.23. The van der Waals surface area contributed by atoms with Gasteiger partial charge in [-0.05, 0) is 47.7 Å². The number of nitrogens with zero attached hydrogens (tertiary/aromatic N) is 1. The van der Waals surface area contributed by atoms with Gasteiger partial charge < -0.3 is 4.74 Å². The van der Waals surface area contributed by atoms with E-state index in [4.69, 9.17) is 4.74 Å². The Bertz CT molecular complexity index is 752. The van der Waals surface area contributed by atoms with Crippen molar-refractivity contribution in [2.24, 2.45) is 4.99 Å². The van der Waals surface area contributed by atoms with Crippen LogP contribution in [0.25, 0.3) is 0 Å². The van der Waals surface area contributed by atoms with Crippen molar-refractivity contribution in [2.75, 3.05) is 7.11 Å². The minimum atomic E-state index is -0.252. The summed E-state index contributed by atoms with van der Waals surface area (Å²) in [5, 5.41) is 0.